The van der Waals surface area contributed by atoms with Crippen molar-refractivity contribution in [3.8, 4) is 6.07 Å². The molecule has 0 aliphatic rings. The lowest BCUT2D eigenvalue weighted by atomic mass is 10.0. The second kappa shape index (κ2) is 6.75. The molecule has 0 aliphatic heterocycles. The number of nitrogens with two attached hydrogens (primary N) is 1. The van der Waals surface area contributed by atoms with Gasteiger partial charge < -0.3 is 10.5 Å². The number of aromatic nitrogens is 1. The quantitative estimate of drug-likeness (QED) is 0.817. The van der Waals surface area contributed by atoms with Crippen molar-refractivity contribution in [2.24, 2.45) is 5.73 Å². The van der Waals surface area contributed by atoms with Gasteiger partial charge >= 0.3 is 5.97 Å². The van der Waals surface area contributed by atoms with Gasteiger partial charge in [-0.25, -0.2) is 13.8 Å². The van der Waals surface area contributed by atoms with Crippen LogP contribution in [0.3, 0.4) is 0 Å². The van der Waals surface area contributed by atoms with Crippen molar-refractivity contribution in [2.45, 2.75) is 26.3 Å². The fourth-order valence-corrected chi connectivity index (χ4v) is 1.58. The standard InChI is InChI=1S/C12H13F2N3O2/c1-2-19-11(18)4-7-3-9(12(13)14)17-10(6-16)8(7)5-15/h3,12H,2,4,6,16H2,1H3. The average Bonchev–Trinajstić information content (AvgIpc) is 2.37. The molecule has 1 aromatic rings. The Morgan fingerprint density at radius 3 is 2.79 bits per heavy atom. The summed E-state index contributed by atoms with van der Waals surface area (Å²) in [5.74, 6) is -0.589. The van der Waals surface area contributed by atoms with Crippen LogP contribution in [0.4, 0.5) is 8.78 Å². The van der Waals surface area contributed by atoms with E-state index in [1.54, 1.807) is 6.92 Å². The number of alkyl halides is 2. The van der Waals surface area contributed by atoms with Crippen molar-refractivity contribution in [3.05, 3.63) is 28.6 Å². The fraction of sp³-hybridized carbons (Fsp3) is 0.417. The SMILES string of the molecule is CCOC(=O)Cc1cc(C(F)F)nc(CN)c1C#N. The van der Waals surface area contributed by atoms with Crippen LogP contribution >= 0.6 is 0 Å². The van der Waals surface area contributed by atoms with Gasteiger partial charge in [0.15, 0.2) is 0 Å². The van der Waals surface area contributed by atoms with Gasteiger partial charge in [0.2, 0.25) is 0 Å². The van der Waals surface area contributed by atoms with Crippen LogP contribution in [-0.4, -0.2) is 17.6 Å². The zero-order chi connectivity index (χ0) is 14.4. The molecule has 0 amide bonds. The Balaban J connectivity index is 3.23. The van der Waals surface area contributed by atoms with Crippen LogP contribution in [0.2, 0.25) is 0 Å². The maximum absolute atomic E-state index is 12.7. The molecule has 0 bridgehead atoms. The van der Waals surface area contributed by atoms with E-state index in [1.807, 2.05) is 6.07 Å². The van der Waals surface area contributed by atoms with E-state index >= 15 is 0 Å². The second-order valence-corrected chi connectivity index (χ2v) is 3.63. The molecular formula is C12H13F2N3O2. The number of nitriles is 1. The molecule has 7 heteroatoms. The summed E-state index contributed by atoms with van der Waals surface area (Å²) in [6.07, 6.45) is -3.05. The average molecular weight is 269 g/mol. The van der Waals surface area contributed by atoms with Gasteiger partial charge in [0.1, 0.15) is 11.8 Å². The van der Waals surface area contributed by atoms with Crippen LogP contribution in [0, 0.1) is 11.3 Å². The molecule has 5 nitrogen and oxygen atoms in total. The molecule has 0 saturated carbocycles. The molecule has 0 unspecified atom stereocenters. The molecule has 0 aliphatic carbocycles. The molecular weight excluding hydrogens is 256 g/mol. The Kier molecular flexibility index (Phi) is 5.33. The summed E-state index contributed by atoms with van der Waals surface area (Å²) in [5.41, 5.74) is 5.15. The molecule has 102 valence electrons. The Morgan fingerprint density at radius 2 is 2.32 bits per heavy atom. The van der Waals surface area contributed by atoms with Crippen LogP contribution in [0.25, 0.3) is 0 Å². The van der Waals surface area contributed by atoms with Gasteiger partial charge in [-0.05, 0) is 18.6 Å². The maximum atomic E-state index is 12.7. The molecule has 1 rings (SSSR count). The molecule has 2 N–H and O–H groups in total. The summed E-state index contributed by atoms with van der Waals surface area (Å²) in [5, 5.41) is 9.02. The Hall–Kier alpha value is -2.07. The highest BCUT2D eigenvalue weighted by atomic mass is 19.3. The zero-order valence-electron chi connectivity index (χ0n) is 10.3. The van der Waals surface area contributed by atoms with Gasteiger partial charge in [0.25, 0.3) is 6.43 Å². The first-order valence-corrected chi connectivity index (χ1v) is 5.60. The van der Waals surface area contributed by atoms with E-state index in [9.17, 15) is 13.6 Å². The summed E-state index contributed by atoms with van der Waals surface area (Å²) >= 11 is 0. The third-order valence-electron chi connectivity index (χ3n) is 2.36. The first-order valence-electron chi connectivity index (χ1n) is 5.60. The third-order valence-corrected chi connectivity index (χ3v) is 2.36. The summed E-state index contributed by atoms with van der Waals surface area (Å²) in [4.78, 5) is 15.0. The Labute approximate surface area is 109 Å². The number of carbonyl (C=O) groups excluding carboxylic acids is 1. The lowest BCUT2D eigenvalue weighted by Crippen LogP contribution is -2.13. The van der Waals surface area contributed by atoms with Crippen molar-refractivity contribution in [1.82, 2.24) is 4.98 Å². The Bertz CT molecular complexity index is 512. The number of nitrogens with zero attached hydrogens (tertiary/aromatic N) is 2. The predicted molar refractivity (Wildman–Crippen MR) is 62.1 cm³/mol. The number of rotatable bonds is 5. The van der Waals surface area contributed by atoms with Crippen molar-refractivity contribution < 1.29 is 18.3 Å². The van der Waals surface area contributed by atoms with Crippen molar-refractivity contribution in [3.63, 3.8) is 0 Å². The number of hydrogen-bond donors (Lipinski definition) is 1. The summed E-state index contributed by atoms with van der Waals surface area (Å²) in [6, 6.07) is 2.87. The van der Waals surface area contributed by atoms with Gasteiger partial charge in [0, 0.05) is 6.54 Å². The van der Waals surface area contributed by atoms with Crippen molar-refractivity contribution >= 4 is 5.97 Å². The van der Waals surface area contributed by atoms with E-state index in [1.165, 1.54) is 0 Å². The van der Waals surface area contributed by atoms with E-state index in [4.69, 9.17) is 15.7 Å². The van der Waals surface area contributed by atoms with Gasteiger partial charge in [-0.1, -0.05) is 0 Å². The third kappa shape index (κ3) is 3.69. The normalized spacial score (nSPS) is 10.3. The van der Waals surface area contributed by atoms with E-state index < -0.39 is 18.1 Å². The van der Waals surface area contributed by atoms with E-state index in [2.05, 4.69) is 4.98 Å². The number of esters is 1. The van der Waals surface area contributed by atoms with Gasteiger partial charge in [-0.2, -0.15) is 5.26 Å². The van der Waals surface area contributed by atoms with Crippen molar-refractivity contribution in [2.75, 3.05) is 6.61 Å². The topological polar surface area (TPSA) is 89.0 Å². The molecule has 0 spiro atoms. The van der Waals surface area contributed by atoms with E-state index in [-0.39, 0.29) is 36.4 Å². The maximum Gasteiger partial charge on any atom is 0.310 e. The van der Waals surface area contributed by atoms with Crippen molar-refractivity contribution in [1.29, 1.82) is 5.26 Å². The summed E-state index contributed by atoms with van der Waals surface area (Å²) < 4.78 is 30.1. The number of pyridine rings is 1. The number of carbonyl (C=O) groups is 1. The smallest absolute Gasteiger partial charge is 0.310 e. The zero-order valence-corrected chi connectivity index (χ0v) is 10.3. The molecule has 19 heavy (non-hydrogen) atoms. The van der Waals surface area contributed by atoms with Crippen LogP contribution in [0.15, 0.2) is 6.07 Å². The van der Waals surface area contributed by atoms with Gasteiger partial charge in [-0.3, -0.25) is 4.79 Å². The predicted octanol–water partition coefficient (Wildman–Crippen LogP) is 1.46. The number of hydrogen-bond acceptors (Lipinski definition) is 5. The highest BCUT2D eigenvalue weighted by Gasteiger charge is 2.18. The summed E-state index contributed by atoms with van der Waals surface area (Å²) in [7, 11) is 0. The van der Waals surface area contributed by atoms with Gasteiger partial charge in [0.05, 0.1) is 24.3 Å². The minimum absolute atomic E-state index is 0.0552. The first-order chi connectivity index (χ1) is 9.03. The summed E-state index contributed by atoms with van der Waals surface area (Å²) in [6.45, 7) is 1.65. The van der Waals surface area contributed by atoms with Crippen LogP contribution in [0.1, 0.15) is 35.9 Å². The largest absolute Gasteiger partial charge is 0.466 e. The lowest BCUT2D eigenvalue weighted by Gasteiger charge is -2.10. The molecule has 1 heterocycles. The molecule has 0 aromatic carbocycles. The molecule has 1 aromatic heterocycles. The monoisotopic (exact) mass is 269 g/mol. The minimum Gasteiger partial charge on any atom is -0.466 e. The molecule has 0 radical (unpaired) electrons. The van der Waals surface area contributed by atoms with Crippen LogP contribution in [0.5, 0.6) is 0 Å². The number of halogens is 2. The first kappa shape index (κ1) is 15.0. The Morgan fingerprint density at radius 1 is 1.63 bits per heavy atom. The number of ether oxygens (including phenoxy) is 1. The van der Waals surface area contributed by atoms with Crippen LogP contribution < -0.4 is 5.73 Å². The highest BCUT2D eigenvalue weighted by molar-refractivity contribution is 5.73. The highest BCUT2D eigenvalue weighted by Crippen LogP contribution is 2.22. The molecule has 0 saturated heterocycles. The molecule has 0 fully saturated rings. The lowest BCUT2D eigenvalue weighted by molar-refractivity contribution is -0.142. The molecule has 0 atom stereocenters. The van der Waals surface area contributed by atoms with E-state index in [0.717, 1.165) is 6.07 Å². The van der Waals surface area contributed by atoms with Crippen LogP contribution in [-0.2, 0) is 22.5 Å². The second-order valence-electron chi connectivity index (χ2n) is 3.63. The van der Waals surface area contributed by atoms with Gasteiger partial charge in [-0.15, -0.1) is 0 Å². The minimum atomic E-state index is -2.79. The fourth-order valence-electron chi connectivity index (χ4n) is 1.58. The van der Waals surface area contributed by atoms with E-state index in [0.29, 0.717) is 0 Å².